The Labute approximate surface area is 180 Å². The first kappa shape index (κ1) is 23.3. The Kier molecular flexibility index (Phi) is 7.76. The van der Waals surface area contributed by atoms with Crippen LogP contribution in [0.3, 0.4) is 0 Å². The molecule has 0 spiro atoms. The van der Waals surface area contributed by atoms with Crippen LogP contribution in [0.4, 0.5) is 17.6 Å². The summed E-state index contributed by atoms with van der Waals surface area (Å²) in [5, 5.41) is 9.49. The number of aryl methyl sites for hydroxylation is 1. The van der Waals surface area contributed by atoms with Crippen molar-refractivity contribution in [3.05, 3.63) is 76.9 Å². The van der Waals surface area contributed by atoms with Crippen LogP contribution in [0.15, 0.2) is 36.9 Å². The first-order chi connectivity index (χ1) is 14.8. The number of aliphatic hydroxyl groups excluding tert-OH is 1. The molecule has 0 radical (unpaired) electrons. The fraction of sp³-hybridized carbons (Fsp3) is 0.440. The number of rotatable bonds is 8. The van der Waals surface area contributed by atoms with Crippen molar-refractivity contribution in [1.82, 2.24) is 0 Å². The number of benzene rings is 2. The van der Waals surface area contributed by atoms with Crippen LogP contribution < -0.4 is 4.74 Å². The summed E-state index contributed by atoms with van der Waals surface area (Å²) < 4.78 is 62.3. The van der Waals surface area contributed by atoms with Crippen LogP contribution in [0.2, 0.25) is 0 Å². The van der Waals surface area contributed by atoms with Crippen LogP contribution >= 0.6 is 0 Å². The minimum atomic E-state index is -1.06. The second-order valence-corrected chi connectivity index (χ2v) is 8.25. The van der Waals surface area contributed by atoms with E-state index >= 15 is 0 Å². The fourth-order valence-electron chi connectivity index (χ4n) is 4.36. The number of hydrogen-bond donors (Lipinski definition) is 1. The fourth-order valence-corrected chi connectivity index (χ4v) is 4.36. The van der Waals surface area contributed by atoms with Gasteiger partial charge in [-0.3, -0.25) is 0 Å². The van der Waals surface area contributed by atoms with Gasteiger partial charge in [0.25, 0.3) is 0 Å². The summed E-state index contributed by atoms with van der Waals surface area (Å²) in [5.41, 5.74) is 0.618. The van der Waals surface area contributed by atoms with Crippen LogP contribution in [0.1, 0.15) is 67.7 Å². The van der Waals surface area contributed by atoms with E-state index in [-0.39, 0.29) is 23.8 Å². The van der Waals surface area contributed by atoms with Crippen molar-refractivity contribution < 1.29 is 27.4 Å². The summed E-state index contributed by atoms with van der Waals surface area (Å²) in [5.74, 6) is -3.60. The molecule has 2 aromatic rings. The van der Waals surface area contributed by atoms with Gasteiger partial charge in [0.2, 0.25) is 5.82 Å². The lowest BCUT2D eigenvalue weighted by atomic mass is 9.76. The third-order valence-corrected chi connectivity index (χ3v) is 6.18. The van der Waals surface area contributed by atoms with Gasteiger partial charge in [-0.25, -0.2) is 13.2 Å². The van der Waals surface area contributed by atoms with Gasteiger partial charge in [0.05, 0.1) is 6.10 Å². The highest BCUT2D eigenvalue weighted by Crippen LogP contribution is 2.40. The maximum absolute atomic E-state index is 14.5. The molecule has 0 bridgehead atoms. The van der Waals surface area contributed by atoms with Gasteiger partial charge in [0.1, 0.15) is 6.61 Å². The van der Waals surface area contributed by atoms with Gasteiger partial charge in [-0.15, -0.1) is 0 Å². The molecule has 1 atom stereocenters. The number of halogens is 4. The molecule has 1 N–H and O–H groups in total. The maximum atomic E-state index is 14.5. The molecular formula is C25H28F4O2. The van der Waals surface area contributed by atoms with Gasteiger partial charge in [-0.05, 0) is 74.5 Å². The zero-order chi connectivity index (χ0) is 22.5. The normalized spacial score (nSPS) is 19.8. The molecule has 1 aliphatic rings. The van der Waals surface area contributed by atoms with E-state index in [2.05, 4.69) is 6.58 Å². The molecule has 0 aliphatic heterocycles. The predicted molar refractivity (Wildman–Crippen MR) is 112 cm³/mol. The first-order valence-corrected chi connectivity index (χ1v) is 10.7. The average molecular weight is 436 g/mol. The van der Waals surface area contributed by atoms with Crippen molar-refractivity contribution in [1.29, 1.82) is 0 Å². The minimum absolute atomic E-state index is 0.0445. The third-order valence-electron chi connectivity index (χ3n) is 6.18. The maximum Gasteiger partial charge on any atom is 0.200 e. The third kappa shape index (κ3) is 5.29. The van der Waals surface area contributed by atoms with E-state index in [1.807, 2.05) is 0 Å². The lowest BCUT2D eigenvalue weighted by Crippen LogP contribution is -2.16. The Morgan fingerprint density at radius 3 is 2.35 bits per heavy atom. The lowest BCUT2D eigenvalue weighted by Gasteiger charge is -2.29. The van der Waals surface area contributed by atoms with E-state index in [9.17, 15) is 22.7 Å². The molecule has 1 saturated carbocycles. The second kappa shape index (κ2) is 10.3. The zero-order valence-corrected chi connectivity index (χ0v) is 17.6. The summed E-state index contributed by atoms with van der Waals surface area (Å²) in [6, 6.07) is 6.00. The Balaban J connectivity index is 1.58. The van der Waals surface area contributed by atoms with Crippen LogP contribution in [-0.4, -0.2) is 11.7 Å². The van der Waals surface area contributed by atoms with Crippen molar-refractivity contribution in [2.75, 3.05) is 6.61 Å². The molecule has 31 heavy (non-hydrogen) atoms. The summed E-state index contributed by atoms with van der Waals surface area (Å²) in [7, 11) is 0. The highest BCUT2D eigenvalue weighted by molar-refractivity contribution is 5.33. The van der Waals surface area contributed by atoms with E-state index in [0.29, 0.717) is 42.7 Å². The molecule has 2 nitrogen and oxygen atoms in total. The molecule has 2 aromatic carbocycles. The molecule has 0 aromatic heterocycles. The van der Waals surface area contributed by atoms with E-state index in [0.717, 1.165) is 12.8 Å². The molecule has 1 aliphatic carbocycles. The van der Waals surface area contributed by atoms with E-state index in [1.165, 1.54) is 31.2 Å². The smallest absolute Gasteiger partial charge is 0.200 e. The number of aliphatic hydroxyl groups is 1. The second-order valence-electron chi connectivity index (χ2n) is 8.25. The molecule has 6 heteroatoms. The van der Waals surface area contributed by atoms with Crippen molar-refractivity contribution in [3.63, 3.8) is 0 Å². The van der Waals surface area contributed by atoms with E-state index in [1.54, 1.807) is 6.07 Å². The highest BCUT2D eigenvalue weighted by atomic mass is 19.2. The molecule has 168 valence electrons. The highest BCUT2D eigenvalue weighted by Gasteiger charge is 2.27. The number of hydrogen-bond acceptors (Lipinski definition) is 2. The largest absolute Gasteiger partial charge is 0.486 e. The Hall–Kier alpha value is -2.34. The van der Waals surface area contributed by atoms with Crippen molar-refractivity contribution in [3.8, 4) is 5.75 Å². The van der Waals surface area contributed by atoms with E-state index in [4.69, 9.17) is 4.74 Å². The Morgan fingerprint density at radius 2 is 1.71 bits per heavy atom. The van der Waals surface area contributed by atoms with Gasteiger partial charge in [0, 0.05) is 5.56 Å². The van der Waals surface area contributed by atoms with Crippen molar-refractivity contribution in [2.24, 2.45) is 5.92 Å². The standard InChI is InChI=1S/C25H28F4O2/c1-3-14-31-21-13-12-20(24(28)25(21)29)17-7-4-16(5-8-17)6-9-18-10-11-19(15(2)30)23(27)22(18)26/h3,10-13,15-17,30H,1,4-9,14H2,2H3. The zero-order valence-electron chi connectivity index (χ0n) is 17.6. The summed E-state index contributed by atoms with van der Waals surface area (Å²) in [6.07, 6.45) is 4.56. The number of ether oxygens (including phenoxy) is 1. The van der Waals surface area contributed by atoms with Crippen LogP contribution in [0.5, 0.6) is 5.75 Å². The van der Waals surface area contributed by atoms with Crippen LogP contribution in [-0.2, 0) is 6.42 Å². The van der Waals surface area contributed by atoms with Gasteiger partial charge < -0.3 is 9.84 Å². The molecule has 0 amide bonds. The first-order valence-electron chi connectivity index (χ1n) is 10.7. The summed E-state index contributed by atoms with van der Waals surface area (Å²) in [6.45, 7) is 4.99. The molecular weight excluding hydrogens is 408 g/mol. The van der Waals surface area contributed by atoms with Crippen molar-refractivity contribution in [2.45, 2.75) is 57.5 Å². The quantitative estimate of drug-likeness (QED) is 0.366. The molecule has 0 saturated heterocycles. The van der Waals surface area contributed by atoms with Crippen LogP contribution in [0.25, 0.3) is 0 Å². The molecule has 0 heterocycles. The monoisotopic (exact) mass is 436 g/mol. The average Bonchev–Trinajstić information content (AvgIpc) is 2.76. The van der Waals surface area contributed by atoms with Gasteiger partial charge in [-0.2, -0.15) is 4.39 Å². The van der Waals surface area contributed by atoms with Gasteiger partial charge >= 0.3 is 0 Å². The van der Waals surface area contributed by atoms with Gasteiger partial charge in [0.15, 0.2) is 23.2 Å². The predicted octanol–water partition coefficient (Wildman–Crippen LogP) is 6.77. The Morgan fingerprint density at radius 1 is 1.00 bits per heavy atom. The van der Waals surface area contributed by atoms with Gasteiger partial charge in [-0.1, -0.05) is 30.9 Å². The summed E-state index contributed by atoms with van der Waals surface area (Å²) >= 11 is 0. The Bertz CT molecular complexity index is 918. The molecule has 1 fully saturated rings. The molecule has 1 unspecified atom stereocenters. The summed E-state index contributed by atoms with van der Waals surface area (Å²) in [4.78, 5) is 0. The van der Waals surface area contributed by atoms with E-state index < -0.39 is 29.4 Å². The lowest BCUT2D eigenvalue weighted by molar-refractivity contribution is 0.192. The topological polar surface area (TPSA) is 29.5 Å². The molecule has 3 rings (SSSR count). The minimum Gasteiger partial charge on any atom is -0.486 e. The SMILES string of the molecule is C=CCOc1ccc(C2CCC(CCc3ccc(C(C)O)c(F)c3F)CC2)c(F)c1F. The van der Waals surface area contributed by atoms with Crippen molar-refractivity contribution >= 4 is 0 Å². The van der Waals surface area contributed by atoms with Crippen LogP contribution in [0, 0.1) is 29.2 Å².